The second-order valence-electron chi connectivity index (χ2n) is 8.70. The molecule has 176 valence electrons. The van der Waals surface area contributed by atoms with E-state index in [-0.39, 0.29) is 12.8 Å². The fourth-order valence-corrected chi connectivity index (χ4v) is 3.61. The Morgan fingerprint density at radius 2 is 1.59 bits per heavy atom. The van der Waals surface area contributed by atoms with Gasteiger partial charge in [-0.25, -0.2) is 9.97 Å². The van der Waals surface area contributed by atoms with Crippen molar-refractivity contribution in [1.82, 2.24) is 20.6 Å². The molecular formula is C26H28N4O4. The van der Waals surface area contributed by atoms with Crippen molar-refractivity contribution in [3.8, 4) is 11.1 Å². The molecule has 0 radical (unpaired) electrons. The molecule has 0 aliphatic heterocycles. The summed E-state index contributed by atoms with van der Waals surface area (Å²) >= 11 is 0. The van der Waals surface area contributed by atoms with Gasteiger partial charge >= 0.3 is 5.97 Å². The highest BCUT2D eigenvalue weighted by Crippen LogP contribution is 2.18. The van der Waals surface area contributed by atoms with Gasteiger partial charge in [0.25, 0.3) is 5.91 Å². The molecule has 0 saturated carbocycles. The van der Waals surface area contributed by atoms with Crippen LogP contribution in [-0.2, 0) is 16.0 Å². The quantitative estimate of drug-likeness (QED) is 0.427. The summed E-state index contributed by atoms with van der Waals surface area (Å²) in [6, 6.07) is 15.6. The number of rotatable bonds is 10. The Bertz CT molecular complexity index is 1120. The van der Waals surface area contributed by atoms with Crippen molar-refractivity contribution in [2.45, 2.75) is 44.7 Å². The number of hydrogen-bond donors (Lipinski definition) is 3. The fourth-order valence-electron chi connectivity index (χ4n) is 3.61. The third-order valence-electron chi connectivity index (χ3n) is 5.26. The van der Waals surface area contributed by atoms with E-state index < -0.39 is 29.4 Å². The lowest BCUT2D eigenvalue weighted by Gasteiger charge is -2.29. The second kappa shape index (κ2) is 11.2. The number of carboxylic acids is 1. The molecule has 0 aliphatic rings. The first-order chi connectivity index (χ1) is 16.2. The Labute approximate surface area is 198 Å². The van der Waals surface area contributed by atoms with E-state index in [0.717, 1.165) is 16.7 Å². The van der Waals surface area contributed by atoms with Crippen LogP contribution in [0, 0.1) is 0 Å². The van der Waals surface area contributed by atoms with Gasteiger partial charge in [0.1, 0.15) is 12.4 Å². The van der Waals surface area contributed by atoms with Gasteiger partial charge < -0.3 is 15.7 Å². The molecule has 3 N–H and O–H groups in total. The van der Waals surface area contributed by atoms with Gasteiger partial charge in [-0.3, -0.25) is 14.4 Å². The monoisotopic (exact) mass is 460 g/mol. The average molecular weight is 461 g/mol. The first-order valence-corrected chi connectivity index (χ1v) is 11.0. The van der Waals surface area contributed by atoms with Crippen molar-refractivity contribution in [1.29, 1.82) is 0 Å². The molecule has 0 aliphatic carbocycles. The van der Waals surface area contributed by atoms with Crippen molar-refractivity contribution >= 4 is 17.8 Å². The summed E-state index contributed by atoms with van der Waals surface area (Å²) < 4.78 is 0. The number of carboxylic acid groups (broad SMARTS) is 1. The van der Waals surface area contributed by atoms with Crippen LogP contribution < -0.4 is 10.6 Å². The normalized spacial score (nSPS) is 11.9. The number of carbonyl (C=O) groups is 3. The highest BCUT2D eigenvalue weighted by molar-refractivity contribution is 5.98. The van der Waals surface area contributed by atoms with Crippen LogP contribution in [0.4, 0.5) is 0 Å². The van der Waals surface area contributed by atoms with Gasteiger partial charge in [0, 0.05) is 35.5 Å². The molecule has 1 heterocycles. The molecule has 0 spiro atoms. The maximum atomic E-state index is 13.0. The van der Waals surface area contributed by atoms with Crippen molar-refractivity contribution in [2.24, 2.45) is 0 Å². The Morgan fingerprint density at radius 3 is 2.21 bits per heavy atom. The number of hydrogen-bond acceptors (Lipinski definition) is 5. The minimum atomic E-state index is -1.04. The summed E-state index contributed by atoms with van der Waals surface area (Å²) in [5, 5.41) is 14.8. The molecule has 1 atom stereocenters. The van der Waals surface area contributed by atoms with Crippen LogP contribution >= 0.6 is 0 Å². The van der Waals surface area contributed by atoms with Gasteiger partial charge in [0.2, 0.25) is 5.91 Å². The zero-order valence-electron chi connectivity index (χ0n) is 19.2. The van der Waals surface area contributed by atoms with E-state index in [0.29, 0.717) is 12.0 Å². The molecule has 2 amide bonds. The molecule has 34 heavy (non-hydrogen) atoms. The van der Waals surface area contributed by atoms with Crippen LogP contribution in [0.2, 0.25) is 0 Å². The van der Waals surface area contributed by atoms with E-state index in [1.165, 1.54) is 6.33 Å². The average Bonchev–Trinajstić information content (AvgIpc) is 2.82. The summed E-state index contributed by atoms with van der Waals surface area (Å²) in [6.07, 6.45) is 5.11. The second-order valence-corrected chi connectivity index (χ2v) is 8.70. The van der Waals surface area contributed by atoms with E-state index in [9.17, 15) is 14.4 Å². The van der Waals surface area contributed by atoms with Crippen molar-refractivity contribution in [3.63, 3.8) is 0 Å². The van der Waals surface area contributed by atoms with Crippen LogP contribution in [-0.4, -0.2) is 44.4 Å². The van der Waals surface area contributed by atoms with Crippen LogP contribution in [0.3, 0.4) is 0 Å². The minimum absolute atomic E-state index is 0.0201. The largest absolute Gasteiger partial charge is 0.481 e. The standard InChI is InChI=1S/C26H28N4O4/c1-26(2,14-18-6-4-3-5-7-18)30-25(34)22(12-13-23(31)32)29-24(33)20-10-8-19(9-11-20)21-15-27-17-28-16-21/h3-11,15-17,22H,12-14H2,1-2H3,(H,29,33)(H,30,34)(H,31,32)/t22-/m0/s1. The number of aromatic nitrogens is 2. The predicted octanol–water partition coefficient (Wildman–Crippen LogP) is 3.24. The first-order valence-electron chi connectivity index (χ1n) is 11.0. The summed E-state index contributed by atoms with van der Waals surface area (Å²) in [7, 11) is 0. The maximum Gasteiger partial charge on any atom is 0.303 e. The fraction of sp³-hybridized carbons (Fsp3) is 0.269. The summed E-state index contributed by atoms with van der Waals surface area (Å²) in [6.45, 7) is 3.78. The van der Waals surface area contributed by atoms with Gasteiger partial charge in [-0.1, -0.05) is 42.5 Å². The third kappa shape index (κ3) is 7.23. The summed E-state index contributed by atoms with van der Waals surface area (Å²) in [4.78, 5) is 45.0. The molecule has 0 fully saturated rings. The SMILES string of the molecule is CC(C)(Cc1ccccc1)NC(=O)[C@H](CCC(=O)O)NC(=O)c1ccc(-c2cncnc2)cc1. The van der Waals surface area contributed by atoms with Gasteiger partial charge in [0.15, 0.2) is 0 Å². The highest BCUT2D eigenvalue weighted by Gasteiger charge is 2.28. The van der Waals surface area contributed by atoms with Crippen molar-refractivity contribution in [3.05, 3.63) is 84.4 Å². The molecular weight excluding hydrogens is 432 g/mol. The van der Waals surface area contributed by atoms with E-state index in [1.807, 2.05) is 44.2 Å². The lowest BCUT2D eigenvalue weighted by atomic mass is 9.94. The highest BCUT2D eigenvalue weighted by atomic mass is 16.4. The molecule has 3 aromatic rings. The molecule has 3 rings (SSSR count). The summed E-state index contributed by atoms with van der Waals surface area (Å²) in [5.74, 6) is -1.92. The number of amides is 2. The predicted molar refractivity (Wildman–Crippen MR) is 128 cm³/mol. The van der Waals surface area contributed by atoms with Gasteiger partial charge in [-0.2, -0.15) is 0 Å². The lowest BCUT2D eigenvalue weighted by molar-refractivity contribution is -0.137. The Kier molecular flexibility index (Phi) is 8.08. The van der Waals surface area contributed by atoms with Gasteiger partial charge in [0.05, 0.1) is 0 Å². The smallest absolute Gasteiger partial charge is 0.303 e. The number of aliphatic carboxylic acids is 1. The van der Waals surface area contributed by atoms with E-state index in [4.69, 9.17) is 5.11 Å². The summed E-state index contributed by atoms with van der Waals surface area (Å²) in [5.41, 5.74) is 2.48. The van der Waals surface area contributed by atoms with E-state index in [1.54, 1.807) is 36.7 Å². The Hall–Kier alpha value is -4.07. The maximum absolute atomic E-state index is 13.0. The first kappa shape index (κ1) is 24.6. The molecule has 0 saturated heterocycles. The molecule has 1 aromatic heterocycles. The van der Waals surface area contributed by atoms with Crippen LogP contribution in [0.1, 0.15) is 42.6 Å². The van der Waals surface area contributed by atoms with Crippen molar-refractivity contribution < 1.29 is 19.5 Å². The molecule has 8 nitrogen and oxygen atoms in total. The Morgan fingerprint density at radius 1 is 0.941 bits per heavy atom. The molecule has 0 unspecified atom stereocenters. The van der Waals surface area contributed by atoms with Gasteiger partial charge in [-0.05, 0) is 49.9 Å². The molecule has 0 bridgehead atoms. The van der Waals surface area contributed by atoms with Crippen molar-refractivity contribution in [2.75, 3.05) is 0 Å². The number of benzene rings is 2. The van der Waals surface area contributed by atoms with Crippen LogP contribution in [0.15, 0.2) is 73.3 Å². The zero-order chi connectivity index (χ0) is 24.6. The van der Waals surface area contributed by atoms with E-state index >= 15 is 0 Å². The van der Waals surface area contributed by atoms with Crippen LogP contribution in [0.5, 0.6) is 0 Å². The van der Waals surface area contributed by atoms with Gasteiger partial charge in [-0.15, -0.1) is 0 Å². The number of nitrogens with zero attached hydrogens (tertiary/aromatic N) is 2. The number of carbonyl (C=O) groups excluding carboxylic acids is 2. The zero-order valence-corrected chi connectivity index (χ0v) is 19.2. The molecule has 2 aromatic carbocycles. The van der Waals surface area contributed by atoms with E-state index in [2.05, 4.69) is 20.6 Å². The number of nitrogens with one attached hydrogen (secondary N) is 2. The minimum Gasteiger partial charge on any atom is -0.481 e. The topological polar surface area (TPSA) is 121 Å². The van der Waals surface area contributed by atoms with Crippen LogP contribution in [0.25, 0.3) is 11.1 Å². The lowest BCUT2D eigenvalue weighted by Crippen LogP contribution is -2.54. The third-order valence-corrected chi connectivity index (χ3v) is 5.26. The molecule has 8 heteroatoms. The Balaban J connectivity index is 1.69.